The topological polar surface area (TPSA) is 48.1 Å². The van der Waals surface area contributed by atoms with Crippen LogP contribution in [0.3, 0.4) is 0 Å². The minimum atomic E-state index is -0.159. The van der Waals surface area contributed by atoms with Crippen LogP contribution in [0.25, 0.3) is 10.9 Å². The van der Waals surface area contributed by atoms with Gasteiger partial charge < -0.3 is 9.47 Å². The second-order valence-corrected chi connectivity index (χ2v) is 7.77. The van der Waals surface area contributed by atoms with Gasteiger partial charge in [-0.25, -0.2) is 0 Å². The van der Waals surface area contributed by atoms with Crippen LogP contribution < -0.4 is 14.0 Å². The molecule has 1 aliphatic heterocycles. The van der Waals surface area contributed by atoms with E-state index in [0.717, 1.165) is 34.6 Å². The average Bonchev–Trinajstić information content (AvgIpc) is 3.07. The van der Waals surface area contributed by atoms with Crippen LogP contribution in [0, 0.1) is 0 Å². The van der Waals surface area contributed by atoms with Crippen molar-refractivity contribution < 1.29 is 14.0 Å². The molecule has 0 N–H and O–H groups in total. The van der Waals surface area contributed by atoms with Crippen molar-refractivity contribution in [1.29, 1.82) is 0 Å². The van der Waals surface area contributed by atoms with Crippen LogP contribution in [-0.2, 0) is 12.0 Å². The van der Waals surface area contributed by atoms with Gasteiger partial charge in [-0.2, -0.15) is 4.57 Å². The highest BCUT2D eigenvalue weighted by Gasteiger charge is 2.32. The fourth-order valence-corrected chi connectivity index (χ4v) is 3.42. The number of hydrogen-bond donors (Lipinski definition) is 0. The average molecular weight is 350 g/mol. The standard InChI is InChI=1S/C21H24N3O2/c1-14(2)17-9-18-19(26-13-25-18)11-24(17)12-21(3,4)20-8-16-15(10-23-20)6-5-7-22-16/h5-11,14H,12-13H2,1-4H3/q+1. The molecule has 0 bridgehead atoms. The van der Waals surface area contributed by atoms with Crippen LogP contribution in [0.1, 0.15) is 45.0 Å². The van der Waals surface area contributed by atoms with Gasteiger partial charge >= 0.3 is 0 Å². The van der Waals surface area contributed by atoms with E-state index >= 15 is 0 Å². The lowest BCUT2D eigenvalue weighted by atomic mass is 9.87. The minimum absolute atomic E-state index is 0.159. The molecular weight excluding hydrogens is 326 g/mol. The summed E-state index contributed by atoms with van der Waals surface area (Å²) in [5.74, 6) is 2.01. The summed E-state index contributed by atoms with van der Waals surface area (Å²) in [5, 5.41) is 1.06. The molecule has 1 aliphatic rings. The Morgan fingerprint density at radius 1 is 1.15 bits per heavy atom. The van der Waals surface area contributed by atoms with Crippen molar-refractivity contribution in [1.82, 2.24) is 9.97 Å². The highest BCUT2D eigenvalue weighted by molar-refractivity contribution is 5.77. The van der Waals surface area contributed by atoms with Crippen molar-refractivity contribution in [2.24, 2.45) is 0 Å². The Kier molecular flexibility index (Phi) is 4.02. The highest BCUT2D eigenvalue weighted by Crippen LogP contribution is 2.33. The third-order valence-corrected chi connectivity index (χ3v) is 4.89. The zero-order valence-electron chi connectivity index (χ0n) is 15.7. The van der Waals surface area contributed by atoms with Gasteiger partial charge in [0.05, 0.1) is 22.7 Å². The van der Waals surface area contributed by atoms with E-state index < -0.39 is 0 Å². The molecule has 4 heterocycles. The van der Waals surface area contributed by atoms with E-state index in [9.17, 15) is 0 Å². The van der Waals surface area contributed by atoms with Crippen LogP contribution in [0.4, 0.5) is 0 Å². The van der Waals surface area contributed by atoms with Crippen LogP contribution >= 0.6 is 0 Å². The molecule has 134 valence electrons. The number of aromatic nitrogens is 3. The third-order valence-electron chi connectivity index (χ3n) is 4.89. The van der Waals surface area contributed by atoms with Crippen LogP contribution in [0.2, 0.25) is 0 Å². The first kappa shape index (κ1) is 16.8. The molecule has 0 spiro atoms. The number of pyridine rings is 3. The summed E-state index contributed by atoms with van der Waals surface area (Å²) in [6.07, 6.45) is 5.79. The van der Waals surface area contributed by atoms with Crippen molar-refractivity contribution in [3.63, 3.8) is 0 Å². The Morgan fingerprint density at radius 2 is 1.96 bits per heavy atom. The Morgan fingerprint density at radius 3 is 2.77 bits per heavy atom. The predicted octanol–water partition coefficient (Wildman–Crippen LogP) is 3.75. The van der Waals surface area contributed by atoms with Crippen LogP contribution in [-0.4, -0.2) is 16.8 Å². The lowest BCUT2D eigenvalue weighted by Crippen LogP contribution is -2.46. The fourth-order valence-electron chi connectivity index (χ4n) is 3.42. The summed E-state index contributed by atoms with van der Waals surface area (Å²) in [4.78, 5) is 9.18. The number of fused-ring (bicyclic) bond motifs is 2. The third kappa shape index (κ3) is 2.98. The Bertz CT molecular complexity index is 967. The molecule has 0 aliphatic carbocycles. The van der Waals surface area contributed by atoms with Crippen LogP contribution in [0.15, 0.2) is 42.9 Å². The van der Waals surface area contributed by atoms with E-state index in [1.54, 1.807) is 0 Å². The van der Waals surface area contributed by atoms with E-state index in [1.165, 1.54) is 5.69 Å². The quantitative estimate of drug-likeness (QED) is 0.673. The maximum Gasteiger partial charge on any atom is 0.231 e. The number of nitrogens with zero attached hydrogens (tertiary/aromatic N) is 3. The molecule has 0 atom stereocenters. The van der Waals surface area contributed by atoms with Crippen molar-refractivity contribution in [2.45, 2.75) is 45.6 Å². The summed E-state index contributed by atoms with van der Waals surface area (Å²) in [7, 11) is 0. The lowest BCUT2D eigenvalue weighted by Gasteiger charge is -2.22. The summed E-state index contributed by atoms with van der Waals surface area (Å²) < 4.78 is 13.4. The normalized spacial score (nSPS) is 13.6. The highest BCUT2D eigenvalue weighted by atomic mass is 16.7. The summed E-state index contributed by atoms with van der Waals surface area (Å²) in [5.41, 5.74) is 3.07. The second-order valence-electron chi connectivity index (χ2n) is 7.77. The number of hydrogen-bond acceptors (Lipinski definition) is 4. The Labute approximate surface area is 153 Å². The summed E-state index contributed by atoms with van der Waals surface area (Å²) >= 11 is 0. The zero-order chi connectivity index (χ0) is 18.3. The zero-order valence-corrected chi connectivity index (χ0v) is 15.7. The molecule has 0 saturated carbocycles. The van der Waals surface area contributed by atoms with E-state index in [0.29, 0.717) is 5.92 Å². The van der Waals surface area contributed by atoms with Gasteiger partial charge in [-0.05, 0) is 32.0 Å². The molecule has 5 nitrogen and oxygen atoms in total. The number of rotatable bonds is 4. The van der Waals surface area contributed by atoms with Gasteiger partial charge in [-0.15, -0.1) is 0 Å². The van der Waals surface area contributed by atoms with Crippen molar-refractivity contribution in [3.8, 4) is 11.5 Å². The SMILES string of the molecule is CC(C)c1cc2c(c[n+]1CC(C)(C)c1cc3ncccc3cn1)OCO2. The van der Waals surface area contributed by atoms with Gasteiger partial charge in [0.1, 0.15) is 0 Å². The minimum Gasteiger partial charge on any atom is -0.453 e. The number of ether oxygens (including phenoxy) is 2. The fraction of sp³-hybridized carbons (Fsp3) is 0.381. The van der Waals surface area contributed by atoms with E-state index in [1.807, 2.05) is 24.5 Å². The predicted molar refractivity (Wildman–Crippen MR) is 99.4 cm³/mol. The molecule has 0 fully saturated rings. The first-order chi connectivity index (χ1) is 12.4. The van der Waals surface area contributed by atoms with Gasteiger partial charge in [0.2, 0.25) is 18.7 Å². The monoisotopic (exact) mass is 350 g/mol. The van der Waals surface area contributed by atoms with Crippen molar-refractivity contribution in [3.05, 3.63) is 54.2 Å². The van der Waals surface area contributed by atoms with Gasteiger partial charge in [0.25, 0.3) is 0 Å². The maximum atomic E-state index is 5.58. The molecule has 0 radical (unpaired) electrons. The van der Waals surface area contributed by atoms with Gasteiger partial charge in [-0.1, -0.05) is 13.8 Å². The lowest BCUT2D eigenvalue weighted by molar-refractivity contribution is -0.712. The largest absolute Gasteiger partial charge is 0.453 e. The van der Waals surface area contributed by atoms with Crippen molar-refractivity contribution >= 4 is 10.9 Å². The van der Waals surface area contributed by atoms with Gasteiger partial charge in [0.15, 0.2) is 18.0 Å². The van der Waals surface area contributed by atoms with Crippen molar-refractivity contribution in [2.75, 3.05) is 6.79 Å². The Hall–Kier alpha value is -2.69. The molecule has 26 heavy (non-hydrogen) atoms. The van der Waals surface area contributed by atoms with Crippen LogP contribution in [0.5, 0.6) is 11.5 Å². The molecular formula is C21H24N3O2+. The summed E-state index contributed by atoms with van der Waals surface area (Å²) in [6.45, 7) is 9.90. The molecule has 4 rings (SSSR count). The first-order valence-corrected chi connectivity index (χ1v) is 8.98. The van der Waals surface area contributed by atoms with E-state index in [2.05, 4.69) is 55.6 Å². The van der Waals surface area contributed by atoms with Gasteiger partial charge in [0, 0.05) is 23.7 Å². The van der Waals surface area contributed by atoms with E-state index in [-0.39, 0.29) is 12.2 Å². The second kappa shape index (κ2) is 6.24. The molecule has 3 aromatic rings. The molecule has 5 heteroatoms. The smallest absolute Gasteiger partial charge is 0.231 e. The molecule has 0 amide bonds. The summed E-state index contributed by atoms with van der Waals surface area (Å²) in [6, 6.07) is 8.16. The molecule has 0 aromatic carbocycles. The molecule has 3 aromatic heterocycles. The Balaban J connectivity index is 1.72. The molecule has 0 unspecified atom stereocenters. The maximum absolute atomic E-state index is 5.58. The van der Waals surface area contributed by atoms with Gasteiger partial charge in [-0.3, -0.25) is 9.97 Å². The van der Waals surface area contributed by atoms with E-state index in [4.69, 9.17) is 14.5 Å². The molecule has 0 saturated heterocycles. The first-order valence-electron chi connectivity index (χ1n) is 8.98.